The fraction of sp³-hybridized carbons (Fsp3) is 0.128. The number of aromatic amines is 3. The average Bonchev–Trinajstić information content (AvgIpc) is 4.05. The van der Waals surface area contributed by atoms with Gasteiger partial charge in [-0.05, 0) is 157 Å². The maximum absolute atomic E-state index is 11.4. The first kappa shape index (κ1) is 49.1. The Kier molecular flexibility index (Phi) is 18.4. The Morgan fingerprint density at radius 1 is 0.662 bits per heavy atom. The first-order valence-corrected chi connectivity index (χ1v) is 24.1. The molecule has 4 N–H and O–H groups in total. The molecule has 18 heteroatoms. The summed E-state index contributed by atoms with van der Waals surface area (Å²) in [6.07, 6.45) is 16.6. The van der Waals surface area contributed by atoms with E-state index < -0.39 is 0 Å². The van der Waals surface area contributed by atoms with E-state index in [2.05, 4.69) is 163 Å². The largest absolute Gasteiger partial charge is 0.392 e. The van der Waals surface area contributed by atoms with E-state index in [1.807, 2.05) is 64.5 Å². The van der Waals surface area contributed by atoms with Crippen molar-refractivity contribution in [3.63, 3.8) is 0 Å². The predicted molar refractivity (Wildman–Crippen MR) is 284 cm³/mol. The number of rotatable bonds is 6. The molecule has 9 aromatic rings. The normalized spacial score (nSPS) is 11.7. The fourth-order valence-electron chi connectivity index (χ4n) is 6.12. The summed E-state index contributed by atoms with van der Waals surface area (Å²) in [4.78, 5) is 48.4. The molecule has 10 rings (SSSR count). The van der Waals surface area contributed by atoms with E-state index >= 15 is 0 Å². The quantitative estimate of drug-likeness (QED) is 0.0940. The van der Waals surface area contributed by atoms with Gasteiger partial charge in [0.05, 0.1) is 54.8 Å². The first-order valence-electron chi connectivity index (χ1n) is 19.8. The van der Waals surface area contributed by atoms with Crippen LogP contribution >= 0.6 is 83.7 Å². The number of aromatic nitrogens is 9. The number of halogens is 4. The van der Waals surface area contributed by atoms with Gasteiger partial charge in [-0.15, -0.1) is 0 Å². The molecule has 6 aromatic heterocycles. The molecule has 0 bridgehead atoms. The highest BCUT2D eigenvalue weighted by molar-refractivity contribution is 14.1. The van der Waals surface area contributed by atoms with Gasteiger partial charge in [0, 0.05) is 82.5 Å². The Bertz CT molecular complexity index is 3250. The number of fused-ring (bicyclic) bond motifs is 3. The molecule has 65 heavy (non-hydrogen) atoms. The highest BCUT2D eigenvalue weighted by atomic mass is 127. The molecule has 0 aliphatic heterocycles. The standard InChI is InChI=1S/C14H12IN3O.C13H10IN3O.C7H7BrO.C7H5IN2.C6H7NO2/c1-17-8-10(2-5-14(17)19)9-18-13-4-3-12(15)6-11(13)7-16-18;14-11-2-3-12-10(5-11)7-16-17(12)8-9-1-4-13(18)15-6-9;8-5-6-1-3-7(9)4-2-6;8-6-1-2-7-5(3-6)4-9-10-7;8-4-5-1-2-6(9)7-3-5/h2-8H,9H2,1H3;1-7H,8H2,(H,15,18);1-3H,4-5H2;1-4H,(H,9,10);1-3,8H,4H2,(H,7,9). The predicted octanol–water partition coefficient (Wildman–Crippen LogP) is 8.64. The number of hydrogen-bond acceptors (Lipinski definition) is 8. The lowest BCUT2D eigenvalue weighted by atomic mass is 10.1. The van der Waals surface area contributed by atoms with Crippen molar-refractivity contribution >= 4 is 122 Å². The van der Waals surface area contributed by atoms with E-state index in [1.165, 1.54) is 40.0 Å². The van der Waals surface area contributed by atoms with Crippen LogP contribution in [0.4, 0.5) is 0 Å². The molecule has 0 amide bonds. The third kappa shape index (κ3) is 14.9. The van der Waals surface area contributed by atoms with Crippen molar-refractivity contribution < 1.29 is 9.90 Å². The lowest BCUT2D eigenvalue weighted by molar-refractivity contribution is -0.113. The minimum atomic E-state index is -0.146. The number of pyridine rings is 3. The third-order valence-electron chi connectivity index (χ3n) is 9.50. The van der Waals surface area contributed by atoms with Gasteiger partial charge < -0.3 is 19.6 Å². The second-order valence-electron chi connectivity index (χ2n) is 14.3. The van der Waals surface area contributed by atoms with Crippen LogP contribution in [0.3, 0.4) is 0 Å². The third-order valence-corrected chi connectivity index (χ3v) is 12.2. The number of aryl methyl sites for hydroxylation is 1. The molecule has 0 spiro atoms. The SMILES string of the molecule is Cn1cc(Cn2ncc3cc(I)ccc32)ccc1=O.Ic1ccc2[nH]ncc2c1.O=C1C=CC(CBr)=CC1.O=c1ccc(CO)c[nH]1.O=c1ccc(Cn2ncc3cc(I)ccc32)c[nH]1. The molecule has 0 atom stereocenters. The Balaban J connectivity index is 0.000000140. The molecule has 0 fully saturated rings. The fourth-order valence-corrected chi connectivity index (χ4v) is 8.08. The van der Waals surface area contributed by atoms with Crippen molar-refractivity contribution in [1.29, 1.82) is 0 Å². The van der Waals surface area contributed by atoms with Gasteiger partial charge in [-0.25, -0.2) is 0 Å². The van der Waals surface area contributed by atoms with Crippen LogP contribution in [0.5, 0.6) is 0 Å². The lowest BCUT2D eigenvalue weighted by Gasteiger charge is -2.05. The topological polar surface area (TPSA) is 189 Å². The minimum absolute atomic E-state index is 0.00336. The minimum Gasteiger partial charge on any atom is -0.392 e. The zero-order valence-electron chi connectivity index (χ0n) is 34.7. The highest BCUT2D eigenvalue weighted by Gasteiger charge is 2.06. The van der Waals surface area contributed by atoms with Crippen molar-refractivity contribution in [3.8, 4) is 0 Å². The second kappa shape index (κ2) is 24.3. The van der Waals surface area contributed by atoms with Gasteiger partial charge in [-0.1, -0.05) is 40.2 Å². The van der Waals surface area contributed by atoms with Crippen molar-refractivity contribution in [1.82, 2.24) is 44.3 Å². The van der Waals surface area contributed by atoms with Gasteiger partial charge in [0.1, 0.15) is 0 Å². The van der Waals surface area contributed by atoms with Crippen molar-refractivity contribution in [2.75, 3.05) is 5.33 Å². The molecule has 3 aromatic carbocycles. The van der Waals surface area contributed by atoms with Crippen LogP contribution in [-0.2, 0) is 31.5 Å². The van der Waals surface area contributed by atoms with Gasteiger partial charge in [0.2, 0.25) is 16.7 Å². The zero-order chi connectivity index (χ0) is 46.3. The molecule has 1 aliphatic carbocycles. The Morgan fingerprint density at radius 2 is 1.22 bits per heavy atom. The van der Waals surface area contributed by atoms with Crippen molar-refractivity contribution in [3.05, 3.63) is 210 Å². The summed E-state index contributed by atoms with van der Waals surface area (Å²) in [5.74, 6) is 0.194. The van der Waals surface area contributed by atoms with Gasteiger partial charge in [-0.3, -0.25) is 33.6 Å². The molecule has 0 unspecified atom stereocenters. The number of aliphatic hydroxyl groups is 1. The van der Waals surface area contributed by atoms with Crippen LogP contribution in [0.25, 0.3) is 32.7 Å². The number of carbonyl (C=O) groups excluding carboxylic acids is 1. The number of H-pyrrole nitrogens is 3. The lowest BCUT2D eigenvalue weighted by Crippen LogP contribution is -2.15. The summed E-state index contributed by atoms with van der Waals surface area (Å²) in [6, 6.07) is 28.4. The van der Waals surface area contributed by atoms with E-state index in [4.69, 9.17) is 5.11 Å². The number of carbonyl (C=O) groups is 1. The number of nitrogens with zero attached hydrogens (tertiary/aromatic N) is 6. The summed E-state index contributed by atoms with van der Waals surface area (Å²) in [6.45, 7) is 1.29. The van der Waals surface area contributed by atoms with Gasteiger partial charge >= 0.3 is 0 Å². The smallest absolute Gasteiger partial charge is 0.250 e. The van der Waals surface area contributed by atoms with Gasteiger partial charge in [0.15, 0.2) is 5.78 Å². The second-order valence-corrected chi connectivity index (χ2v) is 18.6. The number of alkyl halides is 1. The van der Waals surface area contributed by atoms with Gasteiger partial charge in [0.25, 0.3) is 0 Å². The maximum Gasteiger partial charge on any atom is 0.250 e. The molecular weight excluding hydrogens is 1230 g/mol. The summed E-state index contributed by atoms with van der Waals surface area (Å²) in [7, 11) is 1.76. The molecule has 332 valence electrons. The number of allylic oxidation sites excluding steroid dienone is 4. The summed E-state index contributed by atoms with van der Waals surface area (Å²) >= 11 is 10.2. The van der Waals surface area contributed by atoms with E-state index in [-0.39, 0.29) is 29.1 Å². The molecule has 1 aliphatic rings. The number of nitrogens with one attached hydrogen (secondary N) is 3. The Labute approximate surface area is 421 Å². The van der Waals surface area contributed by atoms with E-state index in [0.29, 0.717) is 19.5 Å². The van der Waals surface area contributed by atoms with E-state index in [0.717, 1.165) is 49.3 Å². The summed E-state index contributed by atoms with van der Waals surface area (Å²) in [5.41, 5.74) is 7.07. The molecule has 0 radical (unpaired) electrons. The molecule has 0 saturated carbocycles. The van der Waals surface area contributed by atoms with Crippen LogP contribution in [0.1, 0.15) is 23.1 Å². The van der Waals surface area contributed by atoms with Crippen LogP contribution in [0.15, 0.2) is 166 Å². The van der Waals surface area contributed by atoms with Crippen LogP contribution in [-0.4, -0.2) is 60.5 Å². The van der Waals surface area contributed by atoms with Crippen LogP contribution < -0.4 is 16.7 Å². The number of ketones is 1. The van der Waals surface area contributed by atoms with Crippen molar-refractivity contribution in [2.45, 2.75) is 26.1 Å². The molecule has 6 heterocycles. The van der Waals surface area contributed by atoms with Crippen molar-refractivity contribution in [2.24, 2.45) is 7.05 Å². The maximum atomic E-state index is 11.4. The highest BCUT2D eigenvalue weighted by Crippen LogP contribution is 2.19. The molecule has 14 nitrogen and oxygen atoms in total. The molecule has 0 saturated heterocycles. The van der Waals surface area contributed by atoms with E-state index in [9.17, 15) is 19.2 Å². The Morgan fingerprint density at radius 3 is 1.74 bits per heavy atom. The van der Waals surface area contributed by atoms with Gasteiger partial charge in [-0.2, -0.15) is 15.3 Å². The molecular formula is C47H41BrI3N9O5. The Hall–Kier alpha value is -5.30. The number of benzene rings is 3. The first-order chi connectivity index (χ1) is 31.4. The van der Waals surface area contributed by atoms with Crippen LogP contribution in [0, 0.1) is 10.7 Å². The summed E-state index contributed by atoms with van der Waals surface area (Å²) in [5, 5.41) is 28.4. The zero-order valence-corrected chi connectivity index (χ0v) is 42.7. The number of hydrogen-bond donors (Lipinski definition) is 4. The van der Waals surface area contributed by atoms with Crippen LogP contribution in [0.2, 0.25) is 0 Å². The van der Waals surface area contributed by atoms with E-state index in [1.54, 1.807) is 36.0 Å². The summed E-state index contributed by atoms with van der Waals surface area (Å²) < 4.78 is 9.11. The monoisotopic (exact) mass is 1270 g/mol. The average molecular weight is 1270 g/mol. The number of aliphatic hydroxyl groups excluding tert-OH is 1.